The van der Waals surface area contributed by atoms with Crippen LogP contribution >= 0.6 is 0 Å². The predicted octanol–water partition coefficient (Wildman–Crippen LogP) is 1.32. The number of hydrogen-bond acceptors (Lipinski definition) is 7. The number of rotatable bonds is 4. The van der Waals surface area contributed by atoms with E-state index >= 15 is 0 Å². The minimum Gasteiger partial charge on any atom is -0.376 e. The van der Waals surface area contributed by atoms with Gasteiger partial charge in [-0.25, -0.2) is 4.98 Å². The minimum absolute atomic E-state index is 0.00733. The number of ether oxygens (including phenoxy) is 1. The van der Waals surface area contributed by atoms with Gasteiger partial charge in [0.25, 0.3) is 0 Å². The molecule has 2 N–H and O–H groups in total. The Kier molecular flexibility index (Phi) is 3.79. The lowest BCUT2D eigenvalue weighted by molar-refractivity contribution is -0.385. The third-order valence-electron chi connectivity index (χ3n) is 3.16. The van der Waals surface area contributed by atoms with Crippen molar-refractivity contribution in [1.29, 1.82) is 0 Å². The van der Waals surface area contributed by atoms with Crippen LogP contribution in [-0.4, -0.2) is 40.7 Å². The molecule has 0 saturated carbocycles. The molecule has 2 rings (SSSR count). The largest absolute Gasteiger partial charge is 0.376 e. The molecule has 19 heavy (non-hydrogen) atoms. The molecule has 1 aliphatic rings. The van der Waals surface area contributed by atoms with E-state index in [-0.39, 0.29) is 23.7 Å². The van der Waals surface area contributed by atoms with Crippen molar-refractivity contribution in [2.24, 2.45) is 0 Å². The van der Waals surface area contributed by atoms with Crippen LogP contribution in [0.25, 0.3) is 0 Å². The van der Waals surface area contributed by atoms with Gasteiger partial charge in [-0.15, -0.1) is 0 Å². The Morgan fingerprint density at radius 3 is 2.74 bits per heavy atom. The first-order chi connectivity index (χ1) is 9.02. The van der Waals surface area contributed by atoms with Crippen LogP contribution < -0.4 is 10.6 Å². The summed E-state index contributed by atoms with van der Waals surface area (Å²) in [6, 6.07) is 0.0257. The second-order valence-electron chi connectivity index (χ2n) is 4.45. The average molecular weight is 267 g/mol. The third kappa shape index (κ3) is 2.73. The van der Waals surface area contributed by atoms with Gasteiger partial charge in [0.2, 0.25) is 11.8 Å². The molecule has 0 spiro atoms. The summed E-state index contributed by atoms with van der Waals surface area (Å²) in [4.78, 5) is 18.8. The van der Waals surface area contributed by atoms with E-state index in [9.17, 15) is 10.1 Å². The van der Waals surface area contributed by atoms with Crippen LogP contribution in [0.4, 0.5) is 17.5 Å². The van der Waals surface area contributed by atoms with E-state index in [1.165, 1.54) is 0 Å². The highest BCUT2D eigenvalue weighted by atomic mass is 16.6. The predicted molar refractivity (Wildman–Crippen MR) is 70.4 cm³/mol. The molecular formula is C11H17N5O3. The van der Waals surface area contributed by atoms with Crippen molar-refractivity contribution in [3.8, 4) is 0 Å². The van der Waals surface area contributed by atoms with Crippen molar-refractivity contribution in [2.45, 2.75) is 32.4 Å². The Morgan fingerprint density at radius 1 is 1.47 bits per heavy atom. The Hall–Kier alpha value is -1.96. The third-order valence-corrected chi connectivity index (χ3v) is 3.16. The SMILES string of the molecule is CNc1nc(C)c([N+](=O)[O-])c(NC2CCOC2C)n1. The van der Waals surface area contributed by atoms with E-state index in [0.717, 1.165) is 6.42 Å². The molecule has 2 unspecified atom stereocenters. The van der Waals surface area contributed by atoms with Crippen molar-refractivity contribution < 1.29 is 9.66 Å². The summed E-state index contributed by atoms with van der Waals surface area (Å²) in [5.41, 5.74) is 0.247. The first-order valence-corrected chi connectivity index (χ1v) is 6.12. The Morgan fingerprint density at radius 2 is 2.21 bits per heavy atom. The van der Waals surface area contributed by atoms with Gasteiger partial charge in [-0.1, -0.05) is 0 Å². The van der Waals surface area contributed by atoms with E-state index in [2.05, 4.69) is 20.6 Å². The number of aryl methyl sites for hydroxylation is 1. The maximum Gasteiger partial charge on any atom is 0.332 e. The number of aromatic nitrogens is 2. The van der Waals surface area contributed by atoms with Crippen LogP contribution in [0.3, 0.4) is 0 Å². The zero-order chi connectivity index (χ0) is 14.0. The molecule has 8 nitrogen and oxygen atoms in total. The molecule has 0 aromatic carbocycles. The van der Waals surface area contributed by atoms with E-state index in [1.54, 1.807) is 14.0 Å². The summed E-state index contributed by atoms with van der Waals surface area (Å²) in [7, 11) is 1.67. The van der Waals surface area contributed by atoms with Crippen LogP contribution in [0.15, 0.2) is 0 Å². The molecule has 8 heteroatoms. The van der Waals surface area contributed by atoms with Gasteiger partial charge >= 0.3 is 5.69 Å². The van der Waals surface area contributed by atoms with Gasteiger partial charge in [0.05, 0.1) is 17.1 Å². The lowest BCUT2D eigenvalue weighted by Gasteiger charge is -2.17. The molecule has 1 fully saturated rings. The van der Waals surface area contributed by atoms with E-state index in [1.807, 2.05) is 6.92 Å². The quantitative estimate of drug-likeness (QED) is 0.626. The first kappa shape index (κ1) is 13.5. The standard InChI is InChI=1S/C11H17N5O3/c1-6-9(16(17)18)10(15-11(12-3)13-6)14-8-4-5-19-7(8)2/h7-8H,4-5H2,1-3H3,(H2,12,13,14,15). The molecule has 2 atom stereocenters. The maximum atomic E-state index is 11.1. The van der Waals surface area contributed by atoms with Crippen LogP contribution in [-0.2, 0) is 4.74 Å². The number of nitro groups is 1. The highest BCUT2D eigenvalue weighted by Gasteiger charge is 2.29. The van der Waals surface area contributed by atoms with Crippen LogP contribution in [0.1, 0.15) is 19.0 Å². The van der Waals surface area contributed by atoms with Gasteiger partial charge in [0.15, 0.2) is 0 Å². The lowest BCUT2D eigenvalue weighted by Crippen LogP contribution is -2.28. The molecule has 0 amide bonds. The van der Waals surface area contributed by atoms with Crippen LogP contribution in [0.2, 0.25) is 0 Å². The topological polar surface area (TPSA) is 102 Å². The van der Waals surface area contributed by atoms with Gasteiger partial charge in [-0.3, -0.25) is 10.1 Å². The van der Waals surface area contributed by atoms with Gasteiger partial charge < -0.3 is 15.4 Å². The van der Waals surface area contributed by atoms with Crippen molar-refractivity contribution in [1.82, 2.24) is 9.97 Å². The fraction of sp³-hybridized carbons (Fsp3) is 0.636. The van der Waals surface area contributed by atoms with Crippen LogP contribution in [0.5, 0.6) is 0 Å². The number of nitrogens with one attached hydrogen (secondary N) is 2. The summed E-state index contributed by atoms with van der Waals surface area (Å²) < 4.78 is 5.43. The molecule has 0 aliphatic carbocycles. The second kappa shape index (κ2) is 5.35. The Bertz CT molecular complexity index is 493. The van der Waals surface area contributed by atoms with Gasteiger partial charge in [0.1, 0.15) is 5.69 Å². The monoisotopic (exact) mass is 267 g/mol. The number of anilines is 2. The van der Waals surface area contributed by atoms with Gasteiger partial charge in [-0.05, 0) is 20.3 Å². The highest BCUT2D eigenvalue weighted by Crippen LogP contribution is 2.29. The second-order valence-corrected chi connectivity index (χ2v) is 4.45. The normalized spacial score (nSPS) is 22.3. The zero-order valence-electron chi connectivity index (χ0n) is 11.1. The summed E-state index contributed by atoms with van der Waals surface area (Å²) in [5.74, 6) is 0.598. The van der Waals surface area contributed by atoms with Gasteiger partial charge in [-0.2, -0.15) is 4.98 Å². The molecular weight excluding hydrogens is 250 g/mol. The minimum atomic E-state index is -0.461. The molecule has 104 valence electrons. The summed E-state index contributed by atoms with van der Waals surface area (Å²) in [6.45, 7) is 4.18. The fourth-order valence-corrected chi connectivity index (χ4v) is 2.09. The van der Waals surface area contributed by atoms with Crippen molar-refractivity contribution in [3.63, 3.8) is 0 Å². The van der Waals surface area contributed by atoms with Crippen molar-refractivity contribution >= 4 is 17.5 Å². The molecule has 0 bridgehead atoms. The molecule has 1 aromatic rings. The zero-order valence-corrected chi connectivity index (χ0v) is 11.1. The Labute approximate surface area is 110 Å². The highest BCUT2D eigenvalue weighted by molar-refractivity contribution is 5.61. The summed E-state index contributed by atoms with van der Waals surface area (Å²) in [5, 5.41) is 17.0. The number of hydrogen-bond donors (Lipinski definition) is 2. The average Bonchev–Trinajstić information content (AvgIpc) is 2.73. The molecule has 1 aliphatic heterocycles. The maximum absolute atomic E-state index is 11.1. The number of nitrogens with zero attached hydrogens (tertiary/aromatic N) is 3. The van der Waals surface area contributed by atoms with Gasteiger partial charge in [0, 0.05) is 13.7 Å². The van der Waals surface area contributed by atoms with E-state index in [4.69, 9.17) is 4.74 Å². The summed E-state index contributed by atoms with van der Waals surface area (Å²) >= 11 is 0. The van der Waals surface area contributed by atoms with Crippen LogP contribution in [0, 0.1) is 17.0 Å². The van der Waals surface area contributed by atoms with E-state index in [0.29, 0.717) is 18.2 Å². The molecule has 1 saturated heterocycles. The van der Waals surface area contributed by atoms with Crippen molar-refractivity contribution in [3.05, 3.63) is 15.8 Å². The molecule has 0 radical (unpaired) electrons. The lowest BCUT2D eigenvalue weighted by atomic mass is 10.1. The molecule has 2 heterocycles. The first-order valence-electron chi connectivity index (χ1n) is 6.12. The smallest absolute Gasteiger partial charge is 0.332 e. The Balaban J connectivity index is 2.35. The molecule has 1 aromatic heterocycles. The van der Waals surface area contributed by atoms with Crippen molar-refractivity contribution in [2.75, 3.05) is 24.3 Å². The fourth-order valence-electron chi connectivity index (χ4n) is 2.09. The summed E-state index contributed by atoms with van der Waals surface area (Å²) in [6.07, 6.45) is 0.809. The van der Waals surface area contributed by atoms with E-state index < -0.39 is 4.92 Å².